The fourth-order valence-corrected chi connectivity index (χ4v) is 2.81. The monoisotopic (exact) mass is 291 g/mol. The van der Waals surface area contributed by atoms with Crippen molar-refractivity contribution in [3.05, 3.63) is 39.9 Å². The van der Waals surface area contributed by atoms with E-state index >= 15 is 0 Å². The van der Waals surface area contributed by atoms with Crippen molar-refractivity contribution in [3.63, 3.8) is 0 Å². The van der Waals surface area contributed by atoms with Gasteiger partial charge >= 0.3 is 0 Å². The van der Waals surface area contributed by atoms with Crippen LogP contribution in [0.2, 0.25) is 0 Å². The van der Waals surface area contributed by atoms with Crippen molar-refractivity contribution in [1.29, 1.82) is 0 Å². The molecule has 114 valence electrons. The molecule has 1 atom stereocenters. The van der Waals surface area contributed by atoms with Gasteiger partial charge in [0.2, 0.25) is 5.91 Å². The Kier molecular flexibility index (Phi) is 5.27. The third kappa shape index (κ3) is 4.53. The summed E-state index contributed by atoms with van der Waals surface area (Å²) in [6.45, 7) is 4.61. The Morgan fingerprint density at radius 2 is 2.24 bits per heavy atom. The van der Waals surface area contributed by atoms with E-state index in [1.807, 2.05) is 12.1 Å². The van der Waals surface area contributed by atoms with Gasteiger partial charge in [0.25, 0.3) is 5.69 Å². The van der Waals surface area contributed by atoms with Crippen molar-refractivity contribution >= 4 is 11.6 Å². The lowest BCUT2D eigenvalue weighted by Gasteiger charge is -2.32. The van der Waals surface area contributed by atoms with E-state index in [0.717, 1.165) is 31.5 Å². The molecule has 1 aliphatic heterocycles. The molecule has 0 bridgehead atoms. The van der Waals surface area contributed by atoms with Crippen LogP contribution in [0, 0.1) is 16.0 Å². The standard InChI is InChI=1S/C15H21N3O3/c1-12(19)16-9-13-5-4-8-17(10-13)11-14-6-2-3-7-15(14)18(20)21/h2-3,6-7,13H,4-5,8-11H2,1H3,(H,16,19). The van der Waals surface area contributed by atoms with Crippen LogP contribution >= 0.6 is 0 Å². The Morgan fingerprint density at radius 3 is 2.95 bits per heavy atom. The second-order valence-corrected chi connectivity index (χ2v) is 5.57. The molecule has 0 spiro atoms. The smallest absolute Gasteiger partial charge is 0.273 e. The van der Waals surface area contributed by atoms with Crippen LogP contribution in [0.15, 0.2) is 24.3 Å². The van der Waals surface area contributed by atoms with Gasteiger partial charge in [0.15, 0.2) is 0 Å². The van der Waals surface area contributed by atoms with Gasteiger partial charge in [-0.15, -0.1) is 0 Å². The summed E-state index contributed by atoms with van der Waals surface area (Å²) in [6.07, 6.45) is 2.15. The van der Waals surface area contributed by atoms with Crippen molar-refractivity contribution in [3.8, 4) is 0 Å². The molecule has 0 aromatic heterocycles. The highest BCUT2D eigenvalue weighted by Crippen LogP contribution is 2.23. The predicted octanol–water partition coefficient (Wildman–Crippen LogP) is 1.94. The fourth-order valence-electron chi connectivity index (χ4n) is 2.81. The molecule has 21 heavy (non-hydrogen) atoms. The van der Waals surface area contributed by atoms with E-state index in [1.54, 1.807) is 12.1 Å². The van der Waals surface area contributed by atoms with Crippen molar-refractivity contribution in [2.45, 2.75) is 26.3 Å². The van der Waals surface area contributed by atoms with Gasteiger partial charge in [-0.2, -0.15) is 0 Å². The number of hydrogen-bond donors (Lipinski definition) is 1. The molecular formula is C15H21N3O3. The topological polar surface area (TPSA) is 75.5 Å². The number of carbonyl (C=O) groups excluding carboxylic acids is 1. The highest BCUT2D eigenvalue weighted by Gasteiger charge is 2.22. The SMILES string of the molecule is CC(=O)NCC1CCCN(Cc2ccccc2[N+](=O)[O-])C1. The second-order valence-electron chi connectivity index (χ2n) is 5.57. The summed E-state index contributed by atoms with van der Waals surface area (Å²) < 4.78 is 0. The maximum atomic E-state index is 11.0. The summed E-state index contributed by atoms with van der Waals surface area (Å²) in [5.74, 6) is 0.413. The van der Waals surface area contributed by atoms with Gasteiger partial charge in [-0.1, -0.05) is 18.2 Å². The highest BCUT2D eigenvalue weighted by molar-refractivity contribution is 5.72. The van der Waals surface area contributed by atoms with Gasteiger partial charge in [-0.25, -0.2) is 0 Å². The van der Waals surface area contributed by atoms with E-state index < -0.39 is 0 Å². The Hall–Kier alpha value is -1.95. The number of carbonyl (C=O) groups is 1. The zero-order valence-corrected chi connectivity index (χ0v) is 12.2. The molecule has 1 aromatic rings. The summed E-state index contributed by atoms with van der Waals surface area (Å²) >= 11 is 0. The average molecular weight is 291 g/mol. The summed E-state index contributed by atoms with van der Waals surface area (Å²) in [5, 5.41) is 13.9. The number of nitrogens with one attached hydrogen (secondary N) is 1. The lowest BCUT2D eigenvalue weighted by molar-refractivity contribution is -0.385. The van der Waals surface area contributed by atoms with Crippen LogP contribution in [-0.4, -0.2) is 35.4 Å². The number of amides is 1. The molecule has 1 heterocycles. The minimum atomic E-state index is -0.325. The highest BCUT2D eigenvalue weighted by atomic mass is 16.6. The summed E-state index contributed by atoms with van der Waals surface area (Å²) in [4.78, 5) is 23.9. The zero-order valence-electron chi connectivity index (χ0n) is 12.2. The third-order valence-electron chi connectivity index (χ3n) is 3.83. The number of nitro groups is 1. The number of para-hydroxylation sites is 1. The number of nitrogens with zero attached hydrogens (tertiary/aromatic N) is 2. The maximum absolute atomic E-state index is 11.0. The van der Waals surface area contributed by atoms with Crippen LogP contribution in [0.5, 0.6) is 0 Å². The fraction of sp³-hybridized carbons (Fsp3) is 0.533. The summed E-state index contributed by atoms with van der Waals surface area (Å²) in [5.41, 5.74) is 0.934. The molecule has 0 radical (unpaired) electrons. The van der Waals surface area contributed by atoms with Gasteiger partial charge in [0.05, 0.1) is 4.92 Å². The number of nitro benzene ring substituents is 1. The summed E-state index contributed by atoms with van der Waals surface area (Å²) in [6, 6.07) is 6.89. The van der Waals surface area contributed by atoms with E-state index in [2.05, 4.69) is 10.2 Å². The van der Waals surface area contributed by atoms with Crippen LogP contribution in [0.1, 0.15) is 25.3 Å². The minimum absolute atomic E-state index is 0.00850. The van der Waals surface area contributed by atoms with Crippen molar-refractivity contribution in [1.82, 2.24) is 10.2 Å². The molecule has 1 unspecified atom stereocenters. The normalized spacial score (nSPS) is 19.2. The number of benzene rings is 1. The molecule has 6 nitrogen and oxygen atoms in total. The Balaban J connectivity index is 1.96. The van der Waals surface area contributed by atoms with Crippen molar-refractivity contribution in [2.24, 2.45) is 5.92 Å². The van der Waals surface area contributed by atoms with Crippen LogP contribution in [0.3, 0.4) is 0 Å². The van der Waals surface area contributed by atoms with Gasteiger partial charge in [0.1, 0.15) is 0 Å². The number of hydrogen-bond acceptors (Lipinski definition) is 4. The molecule has 2 rings (SSSR count). The van der Waals surface area contributed by atoms with E-state index in [0.29, 0.717) is 19.0 Å². The van der Waals surface area contributed by atoms with Gasteiger partial charge in [-0.3, -0.25) is 19.8 Å². The predicted molar refractivity (Wildman–Crippen MR) is 79.8 cm³/mol. The maximum Gasteiger partial charge on any atom is 0.273 e. The minimum Gasteiger partial charge on any atom is -0.356 e. The first-order valence-electron chi connectivity index (χ1n) is 7.25. The van der Waals surface area contributed by atoms with E-state index in [1.165, 1.54) is 6.92 Å². The molecule has 6 heteroatoms. The van der Waals surface area contributed by atoms with E-state index in [4.69, 9.17) is 0 Å². The number of piperidine rings is 1. The lowest BCUT2D eigenvalue weighted by atomic mass is 9.97. The number of likely N-dealkylation sites (tertiary alicyclic amines) is 1. The van der Waals surface area contributed by atoms with Crippen LogP contribution in [0.4, 0.5) is 5.69 Å². The third-order valence-corrected chi connectivity index (χ3v) is 3.83. The van der Waals surface area contributed by atoms with Crippen LogP contribution < -0.4 is 5.32 Å². The molecule has 1 aliphatic rings. The van der Waals surface area contributed by atoms with E-state index in [-0.39, 0.29) is 16.5 Å². The first kappa shape index (κ1) is 15.4. The molecule has 1 saturated heterocycles. The Bertz CT molecular complexity index is 519. The first-order valence-corrected chi connectivity index (χ1v) is 7.25. The summed E-state index contributed by atoms with van der Waals surface area (Å²) in [7, 11) is 0. The number of rotatable bonds is 5. The lowest BCUT2D eigenvalue weighted by Crippen LogP contribution is -2.40. The van der Waals surface area contributed by atoms with Crippen molar-refractivity contribution in [2.75, 3.05) is 19.6 Å². The Labute approximate surface area is 124 Å². The van der Waals surface area contributed by atoms with Gasteiger partial charge < -0.3 is 5.32 Å². The zero-order chi connectivity index (χ0) is 15.2. The van der Waals surface area contributed by atoms with Crippen molar-refractivity contribution < 1.29 is 9.72 Å². The quantitative estimate of drug-likeness (QED) is 0.664. The molecule has 1 amide bonds. The van der Waals surface area contributed by atoms with Gasteiger partial charge in [0, 0.05) is 38.2 Å². The average Bonchev–Trinajstić information content (AvgIpc) is 2.46. The Morgan fingerprint density at radius 1 is 1.48 bits per heavy atom. The largest absolute Gasteiger partial charge is 0.356 e. The molecule has 1 fully saturated rings. The van der Waals surface area contributed by atoms with Crippen LogP contribution in [0.25, 0.3) is 0 Å². The second kappa shape index (κ2) is 7.17. The molecular weight excluding hydrogens is 270 g/mol. The van der Waals surface area contributed by atoms with E-state index in [9.17, 15) is 14.9 Å². The first-order chi connectivity index (χ1) is 10.1. The van der Waals surface area contributed by atoms with Crippen LogP contribution in [-0.2, 0) is 11.3 Å². The molecule has 1 aromatic carbocycles. The molecule has 0 saturated carbocycles. The molecule has 1 N–H and O–H groups in total. The van der Waals surface area contributed by atoms with Gasteiger partial charge in [-0.05, 0) is 25.3 Å². The molecule has 0 aliphatic carbocycles.